The summed E-state index contributed by atoms with van der Waals surface area (Å²) in [6.45, 7) is 3.18. The fraction of sp³-hybridized carbons (Fsp3) is 0.625. The molecule has 1 saturated carbocycles. The van der Waals surface area contributed by atoms with E-state index in [0.29, 0.717) is 19.5 Å². The molecule has 1 aromatic carbocycles. The second-order valence-electron chi connectivity index (χ2n) is 6.58. The van der Waals surface area contributed by atoms with Gasteiger partial charge in [-0.25, -0.2) is 25.4 Å². The minimum absolute atomic E-state index is 0.0327. The Morgan fingerprint density at radius 1 is 0.958 bits per heavy atom. The Morgan fingerprint density at radius 2 is 1.58 bits per heavy atom. The highest BCUT2D eigenvalue weighted by atomic mass is 32.2. The number of hydrogen-bond acceptors (Lipinski definition) is 4. The van der Waals surface area contributed by atoms with Gasteiger partial charge in [-0.05, 0) is 37.3 Å². The minimum Gasteiger partial charge on any atom is -0.212 e. The van der Waals surface area contributed by atoms with Gasteiger partial charge in [-0.2, -0.15) is 0 Å². The predicted molar refractivity (Wildman–Crippen MR) is 93.5 cm³/mol. The highest BCUT2D eigenvalue weighted by Gasteiger charge is 2.41. The molecule has 24 heavy (non-hydrogen) atoms. The largest absolute Gasteiger partial charge is 0.218 e. The van der Waals surface area contributed by atoms with Crippen LogP contribution in [0.4, 0.5) is 0 Å². The first-order valence-corrected chi connectivity index (χ1v) is 11.4. The van der Waals surface area contributed by atoms with Crippen LogP contribution in [0.2, 0.25) is 0 Å². The second kappa shape index (κ2) is 6.74. The van der Waals surface area contributed by atoms with E-state index in [4.69, 9.17) is 0 Å². The molecule has 2 fully saturated rings. The van der Waals surface area contributed by atoms with Crippen molar-refractivity contribution < 1.29 is 16.8 Å². The standard InChI is InChI=1S/C16H24N2O4S2/c1-14-5-2-3-6-15(14)13-23(19,20)17-9-4-10-18(12-11-17)24(21,22)16-7-8-16/h2-3,5-6,16H,4,7-13H2,1H3. The molecule has 2 aliphatic rings. The molecule has 0 unspecified atom stereocenters. The molecule has 134 valence electrons. The molecule has 1 saturated heterocycles. The van der Waals surface area contributed by atoms with E-state index in [9.17, 15) is 16.8 Å². The Labute approximate surface area is 144 Å². The Kier molecular flexibility index (Phi) is 5.01. The lowest BCUT2D eigenvalue weighted by molar-refractivity contribution is 0.403. The van der Waals surface area contributed by atoms with Gasteiger partial charge in [0.1, 0.15) is 0 Å². The number of hydrogen-bond donors (Lipinski definition) is 0. The van der Waals surface area contributed by atoms with Gasteiger partial charge < -0.3 is 0 Å². The Morgan fingerprint density at radius 3 is 2.25 bits per heavy atom. The van der Waals surface area contributed by atoms with Crippen molar-refractivity contribution in [3.05, 3.63) is 35.4 Å². The summed E-state index contributed by atoms with van der Waals surface area (Å²) >= 11 is 0. The van der Waals surface area contributed by atoms with Crippen LogP contribution in [0, 0.1) is 6.92 Å². The van der Waals surface area contributed by atoms with Gasteiger partial charge in [0, 0.05) is 26.2 Å². The van der Waals surface area contributed by atoms with Crippen molar-refractivity contribution in [2.45, 2.75) is 37.2 Å². The fourth-order valence-electron chi connectivity index (χ4n) is 3.04. The van der Waals surface area contributed by atoms with E-state index in [-0.39, 0.29) is 24.1 Å². The topological polar surface area (TPSA) is 74.8 Å². The minimum atomic E-state index is -3.44. The number of nitrogens with zero attached hydrogens (tertiary/aromatic N) is 2. The van der Waals surface area contributed by atoms with Gasteiger partial charge in [0.15, 0.2) is 0 Å². The molecule has 1 aromatic rings. The average Bonchev–Trinajstić information content (AvgIpc) is 3.36. The average molecular weight is 373 g/mol. The maximum absolute atomic E-state index is 12.7. The smallest absolute Gasteiger partial charge is 0.212 e. The maximum Gasteiger partial charge on any atom is 0.218 e. The summed E-state index contributed by atoms with van der Waals surface area (Å²) < 4.78 is 53.1. The van der Waals surface area contributed by atoms with Gasteiger partial charge >= 0.3 is 0 Å². The van der Waals surface area contributed by atoms with Crippen molar-refractivity contribution >= 4 is 20.0 Å². The van der Waals surface area contributed by atoms with E-state index in [1.54, 1.807) is 0 Å². The molecule has 0 aromatic heterocycles. The van der Waals surface area contributed by atoms with Crippen molar-refractivity contribution in [1.29, 1.82) is 0 Å². The van der Waals surface area contributed by atoms with Gasteiger partial charge in [-0.15, -0.1) is 0 Å². The summed E-state index contributed by atoms with van der Waals surface area (Å²) in [5.41, 5.74) is 1.75. The predicted octanol–water partition coefficient (Wildman–Crippen LogP) is 1.32. The van der Waals surface area contributed by atoms with Crippen molar-refractivity contribution in [3.8, 4) is 0 Å². The van der Waals surface area contributed by atoms with Gasteiger partial charge in [-0.1, -0.05) is 24.3 Å². The summed E-state index contributed by atoms with van der Waals surface area (Å²) in [5.74, 6) is -0.0327. The second-order valence-corrected chi connectivity index (χ2v) is 10.8. The van der Waals surface area contributed by atoms with E-state index < -0.39 is 20.0 Å². The van der Waals surface area contributed by atoms with Crippen molar-refractivity contribution in [2.75, 3.05) is 26.2 Å². The third kappa shape index (κ3) is 3.82. The molecule has 1 aliphatic heterocycles. The molecule has 0 atom stereocenters. The van der Waals surface area contributed by atoms with E-state index in [1.807, 2.05) is 31.2 Å². The van der Waals surface area contributed by atoms with Crippen LogP contribution in [-0.2, 0) is 25.8 Å². The zero-order valence-electron chi connectivity index (χ0n) is 13.9. The zero-order chi connectivity index (χ0) is 17.4. The summed E-state index contributed by atoms with van der Waals surface area (Å²) in [7, 11) is -6.68. The first-order chi connectivity index (χ1) is 11.3. The number of aryl methyl sites for hydroxylation is 1. The molecule has 0 spiro atoms. The van der Waals surface area contributed by atoms with Crippen LogP contribution in [0.15, 0.2) is 24.3 Å². The first kappa shape index (κ1) is 17.8. The molecule has 6 nitrogen and oxygen atoms in total. The van der Waals surface area contributed by atoms with Crippen LogP contribution in [0.3, 0.4) is 0 Å². The van der Waals surface area contributed by atoms with Crippen LogP contribution in [0.5, 0.6) is 0 Å². The zero-order valence-corrected chi connectivity index (χ0v) is 15.5. The number of benzene rings is 1. The van der Waals surface area contributed by atoms with Crippen molar-refractivity contribution in [2.24, 2.45) is 0 Å². The van der Waals surface area contributed by atoms with Crippen molar-refractivity contribution in [3.63, 3.8) is 0 Å². The van der Waals surface area contributed by atoms with Crippen LogP contribution < -0.4 is 0 Å². The monoisotopic (exact) mass is 372 g/mol. The van der Waals surface area contributed by atoms with Crippen LogP contribution in [-0.4, -0.2) is 56.9 Å². The summed E-state index contributed by atoms with van der Waals surface area (Å²) in [4.78, 5) is 0. The van der Waals surface area contributed by atoms with E-state index >= 15 is 0 Å². The highest BCUT2D eigenvalue weighted by molar-refractivity contribution is 7.90. The van der Waals surface area contributed by atoms with E-state index in [0.717, 1.165) is 24.0 Å². The quantitative estimate of drug-likeness (QED) is 0.781. The van der Waals surface area contributed by atoms with E-state index in [1.165, 1.54) is 8.61 Å². The normalized spacial score (nSPS) is 21.5. The lowest BCUT2D eigenvalue weighted by atomic mass is 10.1. The molecular formula is C16H24N2O4S2. The molecule has 0 bridgehead atoms. The molecule has 1 aliphatic carbocycles. The molecule has 0 N–H and O–H groups in total. The molecule has 3 rings (SSSR count). The molecule has 0 amide bonds. The molecular weight excluding hydrogens is 348 g/mol. The maximum atomic E-state index is 12.7. The van der Waals surface area contributed by atoms with Crippen LogP contribution in [0.1, 0.15) is 30.4 Å². The lowest BCUT2D eigenvalue weighted by Crippen LogP contribution is -2.39. The summed E-state index contributed by atoms with van der Waals surface area (Å²) in [6.07, 6.45) is 2.00. The fourth-order valence-corrected chi connectivity index (χ4v) is 6.58. The molecule has 1 heterocycles. The Bertz CT molecular complexity index is 801. The summed E-state index contributed by atoms with van der Waals surface area (Å²) in [6, 6.07) is 7.45. The van der Waals surface area contributed by atoms with Gasteiger partial charge in [0.05, 0.1) is 11.0 Å². The van der Waals surface area contributed by atoms with Gasteiger partial charge in [0.25, 0.3) is 0 Å². The van der Waals surface area contributed by atoms with Gasteiger partial charge in [-0.3, -0.25) is 0 Å². The van der Waals surface area contributed by atoms with Crippen molar-refractivity contribution in [1.82, 2.24) is 8.61 Å². The van der Waals surface area contributed by atoms with Crippen LogP contribution >= 0.6 is 0 Å². The first-order valence-electron chi connectivity index (χ1n) is 8.32. The Balaban J connectivity index is 1.70. The lowest BCUT2D eigenvalue weighted by Gasteiger charge is -2.22. The third-order valence-electron chi connectivity index (χ3n) is 4.71. The summed E-state index contributed by atoms with van der Waals surface area (Å²) in [5, 5.41) is -0.243. The highest BCUT2D eigenvalue weighted by Crippen LogP contribution is 2.31. The van der Waals surface area contributed by atoms with Crippen LogP contribution in [0.25, 0.3) is 0 Å². The number of sulfonamides is 2. The Hall–Kier alpha value is -0.960. The number of rotatable bonds is 5. The SMILES string of the molecule is Cc1ccccc1CS(=O)(=O)N1CCCN(S(=O)(=O)C2CC2)CC1. The van der Waals surface area contributed by atoms with E-state index in [2.05, 4.69) is 0 Å². The van der Waals surface area contributed by atoms with Gasteiger partial charge in [0.2, 0.25) is 20.0 Å². The third-order valence-corrected chi connectivity index (χ3v) is 8.94. The molecule has 8 heteroatoms. The molecule has 0 radical (unpaired) electrons.